The lowest BCUT2D eigenvalue weighted by molar-refractivity contribution is 0.255. The predicted molar refractivity (Wildman–Crippen MR) is 80.8 cm³/mol. The molecule has 0 spiro atoms. The molecule has 1 aromatic carbocycles. The topological polar surface area (TPSA) is 98.2 Å². The van der Waals surface area contributed by atoms with Gasteiger partial charge in [0, 0.05) is 6.54 Å². The van der Waals surface area contributed by atoms with Crippen molar-refractivity contribution in [2.75, 3.05) is 18.4 Å². The lowest BCUT2D eigenvalue weighted by Gasteiger charge is -2.31. The van der Waals surface area contributed by atoms with Crippen molar-refractivity contribution in [1.82, 2.24) is 0 Å². The minimum absolute atomic E-state index is 0.219. The van der Waals surface area contributed by atoms with Crippen molar-refractivity contribution < 1.29 is 12.8 Å². The van der Waals surface area contributed by atoms with Gasteiger partial charge in [-0.1, -0.05) is 12.8 Å². The number of benzene rings is 1. The highest BCUT2D eigenvalue weighted by Gasteiger charge is 2.24. The van der Waals surface area contributed by atoms with Crippen molar-refractivity contribution in [2.45, 2.75) is 30.6 Å². The molecule has 1 saturated carbocycles. The minimum atomic E-state index is -3.87. The Morgan fingerprint density at radius 3 is 2.48 bits per heavy atom. The third kappa shape index (κ3) is 4.15. The van der Waals surface area contributed by atoms with E-state index in [1.54, 1.807) is 0 Å². The Morgan fingerprint density at radius 1 is 1.24 bits per heavy atom. The Labute approximate surface area is 125 Å². The average Bonchev–Trinajstić information content (AvgIpc) is 2.45. The standard InChI is InChI=1S/C14H22FN3O2S/c15-13-7-12(21(17,19)20)5-6-14(13)18-9-11-4-2-1-3-10(11)8-16/h5-7,10-11,18H,1-4,8-9,16H2,(H2,17,19,20). The number of primary sulfonamides is 1. The van der Waals surface area contributed by atoms with Gasteiger partial charge in [-0.05, 0) is 49.4 Å². The molecule has 118 valence electrons. The Hall–Kier alpha value is -1.18. The molecule has 7 heteroatoms. The maximum atomic E-state index is 13.9. The first kappa shape index (κ1) is 16.2. The van der Waals surface area contributed by atoms with Gasteiger partial charge in [0.1, 0.15) is 5.82 Å². The maximum Gasteiger partial charge on any atom is 0.238 e. The van der Waals surface area contributed by atoms with Crippen molar-refractivity contribution in [2.24, 2.45) is 22.7 Å². The van der Waals surface area contributed by atoms with Crippen LogP contribution < -0.4 is 16.2 Å². The molecule has 2 unspecified atom stereocenters. The van der Waals surface area contributed by atoms with Crippen LogP contribution >= 0.6 is 0 Å². The molecule has 2 atom stereocenters. The van der Waals surface area contributed by atoms with Crippen LogP contribution in [-0.2, 0) is 10.0 Å². The molecule has 1 fully saturated rings. The summed E-state index contributed by atoms with van der Waals surface area (Å²) in [6.45, 7) is 1.30. The van der Waals surface area contributed by atoms with E-state index >= 15 is 0 Å². The zero-order valence-electron chi connectivity index (χ0n) is 11.9. The van der Waals surface area contributed by atoms with E-state index in [1.165, 1.54) is 25.0 Å². The fraction of sp³-hybridized carbons (Fsp3) is 0.571. The van der Waals surface area contributed by atoms with Crippen molar-refractivity contribution in [3.05, 3.63) is 24.0 Å². The molecule has 0 bridgehead atoms. The van der Waals surface area contributed by atoms with E-state index in [4.69, 9.17) is 10.9 Å². The minimum Gasteiger partial charge on any atom is -0.382 e. The molecule has 0 amide bonds. The number of hydrogen-bond donors (Lipinski definition) is 3. The molecule has 1 aliphatic carbocycles. The molecule has 21 heavy (non-hydrogen) atoms. The third-order valence-corrected chi connectivity index (χ3v) is 5.10. The van der Waals surface area contributed by atoms with Gasteiger partial charge in [0.05, 0.1) is 10.6 Å². The summed E-state index contributed by atoms with van der Waals surface area (Å²) in [4.78, 5) is -0.219. The second kappa shape index (κ2) is 6.72. The van der Waals surface area contributed by atoms with E-state index in [2.05, 4.69) is 5.32 Å². The third-order valence-electron chi connectivity index (χ3n) is 4.19. The smallest absolute Gasteiger partial charge is 0.238 e. The van der Waals surface area contributed by atoms with E-state index in [0.29, 0.717) is 30.6 Å². The van der Waals surface area contributed by atoms with Gasteiger partial charge in [-0.15, -0.1) is 0 Å². The van der Waals surface area contributed by atoms with Gasteiger partial charge in [-0.2, -0.15) is 0 Å². The molecule has 5 N–H and O–H groups in total. The second-order valence-electron chi connectivity index (χ2n) is 5.61. The zero-order chi connectivity index (χ0) is 15.5. The lowest BCUT2D eigenvalue weighted by atomic mass is 9.79. The molecule has 0 radical (unpaired) electrons. The first-order valence-corrected chi connectivity index (χ1v) is 8.72. The normalized spacial score (nSPS) is 23.0. The summed E-state index contributed by atoms with van der Waals surface area (Å²) in [5.41, 5.74) is 6.07. The van der Waals surface area contributed by atoms with Gasteiger partial charge in [0.25, 0.3) is 0 Å². The van der Waals surface area contributed by atoms with Gasteiger partial charge in [-0.25, -0.2) is 17.9 Å². The van der Waals surface area contributed by atoms with Crippen LogP contribution in [0.4, 0.5) is 10.1 Å². The van der Waals surface area contributed by atoms with Crippen LogP contribution in [-0.4, -0.2) is 21.5 Å². The van der Waals surface area contributed by atoms with Gasteiger partial charge < -0.3 is 11.1 Å². The molecule has 5 nitrogen and oxygen atoms in total. The van der Waals surface area contributed by atoms with Crippen LogP contribution in [0.3, 0.4) is 0 Å². The molecule has 0 aromatic heterocycles. The molecular weight excluding hydrogens is 293 g/mol. The SMILES string of the molecule is NCC1CCCCC1CNc1ccc(S(N)(=O)=O)cc1F. The molecule has 2 rings (SSSR count). The zero-order valence-corrected chi connectivity index (χ0v) is 12.7. The number of rotatable bonds is 5. The number of nitrogens with two attached hydrogens (primary N) is 2. The van der Waals surface area contributed by atoms with Crippen LogP contribution in [0.5, 0.6) is 0 Å². The Balaban J connectivity index is 2.03. The fourth-order valence-corrected chi connectivity index (χ4v) is 3.45. The molecule has 0 aliphatic heterocycles. The summed E-state index contributed by atoms with van der Waals surface area (Å²) < 4.78 is 36.2. The second-order valence-corrected chi connectivity index (χ2v) is 7.17. The van der Waals surface area contributed by atoms with Crippen LogP contribution in [0.15, 0.2) is 23.1 Å². The van der Waals surface area contributed by atoms with Crippen LogP contribution in [0.1, 0.15) is 25.7 Å². The largest absolute Gasteiger partial charge is 0.382 e. The summed E-state index contributed by atoms with van der Waals surface area (Å²) in [6, 6.07) is 3.66. The summed E-state index contributed by atoms with van der Waals surface area (Å²) in [7, 11) is -3.87. The Bertz CT molecular complexity index is 592. The van der Waals surface area contributed by atoms with Crippen LogP contribution in [0.25, 0.3) is 0 Å². The number of nitrogens with one attached hydrogen (secondary N) is 1. The van der Waals surface area contributed by atoms with E-state index < -0.39 is 15.8 Å². The van der Waals surface area contributed by atoms with Gasteiger partial charge >= 0.3 is 0 Å². The summed E-state index contributed by atoms with van der Waals surface area (Å²) >= 11 is 0. The number of anilines is 1. The fourth-order valence-electron chi connectivity index (χ4n) is 2.92. The molecule has 0 heterocycles. The van der Waals surface area contributed by atoms with Gasteiger partial charge in [-0.3, -0.25) is 0 Å². The van der Waals surface area contributed by atoms with Crippen molar-refractivity contribution in [1.29, 1.82) is 0 Å². The van der Waals surface area contributed by atoms with Crippen LogP contribution in [0.2, 0.25) is 0 Å². The Morgan fingerprint density at radius 2 is 1.90 bits per heavy atom. The molecule has 1 aromatic rings. The summed E-state index contributed by atoms with van der Waals surface area (Å²) in [6.07, 6.45) is 4.59. The summed E-state index contributed by atoms with van der Waals surface area (Å²) in [5, 5.41) is 8.03. The van der Waals surface area contributed by atoms with E-state index in [-0.39, 0.29) is 4.90 Å². The molecular formula is C14H22FN3O2S. The van der Waals surface area contributed by atoms with Crippen molar-refractivity contribution in [3.63, 3.8) is 0 Å². The highest BCUT2D eigenvalue weighted by molar-refractivity contribution is 7.89. The predicted octanol–water partition coefficient (Wildman–Crippen LogP) is 1.65. The number of sulfonamides is 1. The van der Waals surface area contributed by atoms with Crippen LogP contribution in [0, 0.1) is 17.7 Å². The number of hydrogen-bond acceptors (Lipinski definition) is 4. The molecule has 1 aliphatic rings. The summed E-state index contributed by atoms with van der Waals surface area (Å²) in [5.74, 6) is 0.292. The van der Waals surface area contributed by atoms with Gasteiger partial charge in [0.15, 0.2) is 0 Å². The quantitative estimate of drug-likeness (QED) is 0.769. The van der Waals surface area contributed by atoms with E-state index in [0.717, 1.165) is 18.9 Å². The Kier molecular flexibility index (Phi) is 5.18. The monoisotopic (exact) mass is 315 g/mol. The van der Waals surface area contributed by atoms with Crippen molar-refractivity contribution >= 4 is 15.7 Å². The maximum absolute atomic E-state index is 13.9. The first-order valence-electron chi connectivity index (χ1n) is 7.18. The highest BCUT2D eigenvalue weighted by atomic mass is 32.2. The average molecular weight is 315 g/mol. The highest BCUT2D eigenvalue weighted by Crippen LogP contribution is 2.30. The first-order chi connectivity index (χ1) is 9.91. The van der Waals surface area contributed by atoms with E-state index in [9.17, 15) is 12.8 Å². The van der Waals surface area contributed by atoms with E-state index in [1.807, 2.05) is 0 Å². The lowest BCUT2D eigenvalue weighted by Crippen LogP contribution is -2.31. The van der Waals surface area contributed by atoms with Gasteiger partial charge in [0.2, 0.25) is 10.0 Å². The molecule has 0 saturated heterocycles. The van der Waals surface area contributed by atoms with Crippen molar-refractivity contribution in [3.8, 4) is 0 Å². The number of halogens is 1.